The molecule has 0 saturated heterocycles. The lowest BCUT2D eigenvalue weighted by atomic mass is 9.82. The standard InChI is InChI=1S/C16H22N2O5/c19-9-12-8-13(17-15(20)21)6-7-14(12)18-16(22)23-10-11-4-2-1-3-5-11/h1-5,12-14,17,19H,6-10H2,(H,18,22)(H,20,21)/t12-,13+,14-/m0/s1. The van der Waals surface area contributed by atoms with Crippen LogP contribution in [0.1, 0.15) is 24.8 Å². The van der Waals surface area contributed by atoms with Crippen LogP contribution in [0.5, 0.6) is 0 Å². The summed E-state index contributed by atoms with van der Waals surface area (Å²) in [5.41, 5.74) is 0.899. The fourth-order valence-corrected chi connectivity index (χ4v) is 2.88. The van der Waals surface area contributed by atoms with Crippen LogP contribution in [-0.2, 0) is 11.3 Å². The number of aliphatic hydroxyl groups is 1. The van der Waals surface area contributed by atoms with Gasteiger partial charge in [0.1, 0.15) is 6.61 Å². The number of rotatable bonds is 5. The highest BCUT2D eigenvalue weighted by Crippen LogP contribution is 2.24. The van der Waals surface area contributed by atoms with E-state index in [0.717, 1.165) is 5.56 Å². The predicted octanol–water partition coefficient (Wildman–Crippen LogP) is 1.71. The van der Waals surface area contributed by atoms with Gasteiger partial charge in [-0.1, -0.05) is 30.3 Å². The number of alkyl carbamates (subject to hydrolysis) is 1. The van der Waals surface area contributed by atoms with E-state index >= 15 is 0 Å². The van der Waals surface area contributed by atoms with Crippen LogP contribution in [0.4, 0.5) is 9.59 Å². The Balaban J connectivity index is 1.79. The molecule has 4 N–H and O–H groups in total. The molecular weight excluding hydrogens is 300 g/mol. The minimum absolute atomic E-state index is 0.110. The molecule has 0 heterocycles. The predicted molar refractivity (Wildman–Crippen MR) is 82.9 cm³/mol. The number of carboxylic acid groups (broad SMARTS) is 1. The second-order valence-corrected chi connectivity index (χ2v) is 5.71. The Bertz CT molecular complexity index is 522. The first-order valence-corrected chi connectivity index (χ1v) is 7.66. The van der Waals surface area contributed by atoms with E-state index in [2.05, 4.69) is 10.6 Å². The summed E-state index contributed by atoms with van der Waals surface area (Å²) in [6.07, 6.45) is 0.109. The third kappa shape index (κ3) is 5.45. The lowest BCUT2D eigenvalue weighted by Gasteiger charge is -2.35. The zero-order valence-corrected chi connectivity index (χ0v) is 12.8. The third-order valence-corrected chi connectivity index (χ3v) is 4.06. The molecule has 0 radical (unpaired) electrons. The van der Waals surface area contributed by atoms with Crippen LogP contribution in [0.2, 0.25) is 0 Å². The molecule has 23 heavy (non-hydrogen) atoms. The molecule has 7 nitrogen and oxygen atoms in total. The molecule has 0 unspecified atom stereocenters. The summed E-state index contributed by atoms with van der Waals surface area (Å²) < 4.78 is 5.17. The SMILES string of the molecule is O=C(O)N[C@@H]1CC[C@H](NC(=O)OCc2ccccc2)[C@H](CO)C1. The van der Waals surface area contributed by atoms with Crippen molar-refractivity contribution in [1.82, 2.24) is 10.6 Å². The number of carbonyl (C=O) groups is 2. The molecule has 1 aliphatic carbocycles. The molecule has 0 spiro atoms. The van der Waals surface area contributed by atoms with Gasteiger partial charge in [-0.05, 0) is 24.8 Å². The number of nitrogens with one attached hydrogen (secondary N) is 2. The summed E-state index contributed by atoms with van der Waals surface area (Å²) >= 11 is 0. The van der Waals surface area contributed by atoms with Crippen LogP contribution in [0.3, 0.4) is 0 Å². The summed E-state index contributed by atoms with van der Waals surface area (Å²) in [4.78, 5) is 22.6. The fourth-order valence-electron chi connectivity index (χ4n) is 2.88. The number of hydrogen-bond acceptors (Lipinski definition) is 4. The second-order valence-electron chi connectivity index (χ2n) is 5.71. The van der Waals surface area contributed by atoms with E-state index in [1.165, 1.54) is 0 Å². The van der Waals surface area contributed by atoms with Crippen LogP contribution < -0.4 is 10.6 Å². The molecule has 2 rings (SSSR count). The maximum atomic E-state index is 11.9. The number of aliphatic hydroxyl groups excluding tert-OH is 1. The monoisotopic (exact) mass is 322 g/mol. The van der Waals surface area contributed by atoms with Gasteiger partial charge >= 0.3 is 12.2 Å². The molecule has 126 valence electrons. The van der Waals surface area contributed by atoms with Crippen molar-refractivity contribution in [3.63, 3.8) is 0 Å². The molecule has 0 aromatic heterocycles. The quantitative estimate of drug-likeness (QED) is 0.660. The molecule has 2 amide bonds. The lowest BCUT2D eigenvalue weighted by Crippen LogP contribution is -2.49. The van der Waals surface area contributed by atoms with Gasteiger partial charge in [-0.25, -0.2) is 9.59 Å². The van der Waals surface area contributed by atoms with Crippen molar-refractivity contribution in [3.8, 4) is 0 Å². The van der Waals surface area contributed by atoms with Gasteiger partial charge in [-0.15, -0.1) is 0 Å². The van der Waals surface area contributed by atoms with E-state index in [4.69, 9.17) is 9.84 Å². The zero-order valence-electron chi connectivity index (χ0n) is 12.8. The third-order valence-electron chi connectivity index (χ3n) is 4.06. The van der Waals surface area contributed by atoms with Crippen molar-refractivity contribution in [2.24, 2.45) is 5.92 Å². The summed E-state index contributed by atoms with van der Waals surface area (Å²) in [5.74, 6) is -0.190. The highest BCUT2D eigenvalue weighted by molar-refractivity contribution is 5.67. The number of hydrogen-bond donors (Lipinski definition) is 4. The summed E-state index contributed by atoms with van der Waals surface area (Å²) in [7, 11) is 0. The van der Waals surface area contributed by atoms with Crippen molar-refractivity contribution in [2.45, 2.75) is 38.0 Å². The van der Waals surface area contributed by atoms with Crippen molar-refractivity contribution in [2.75, 3.05) is 6.61 Å². The maximum absolute atomic E-state index is 11.9. The second kappa shape index (κ2) is 8.38. The number of carbonyl (C=O) groups excluding carboxylic acids is 1. The van der Waals surface area contributed by atoms with Gasteiger partial charge in [0, 0.05) is 24.6 Å². The van der Waals surface area contributed by atoms with Crippen molar-refractivity contribution < 1.29 is 24.5 Å². The highest BCUT2D eigenvalue weighted by Gasteiger charge is 2.32. The fraction of sp³-hybridized carbons (Fsp3) is 0.500. The Morgan fingerprint density at radius 2 is 1.91 bits per heavy atom. The van der Waals surface area contributed by atoms with Gasteiger partial charge in [-0.2, -0.15) is 0 Å². The van der Waals surface area contributed by atoms with E-state index in [1.807, 2.05) is 30.3 Å². The lowest BCUT2D eigenvalue weighted by molar-refractivity contribution is 0.104. The van der Waals surface area contributed by atoms with E-state index < -0.39 is 12.2 Å². The van der Waals surface area contributed by atoms with Crippen molar-refractivity contribution in [1.29, 1.82) is 0 Å². The summed E-state index contributed by atoms with van der Waals surface area (Å²) in [6.45, 7) is 0.0772. The highest BCUT2D eigenvalue weighted by atomic mass is 16.5. The van der Waals surface area contributed by atoms with Gasteiger partial charge in [0.05, 0.1) is 0 Å². The van der Waals surface area contributed by atoms with Crippen LogP contribution in [0, 0.1) is 5.92 Å². The molecule has 0 bridgehead atoms. The first-order chi connectivity index (χ1) is 11.1. The number of ether oxygens (including phenoxy) is 1. The van der Waals surface area contributed by atoms with Crippen LogP contribution in [0.25, 0.3) is 0 Å². The number of amides is 2. The van der Waals surface area contributed by atoms with Crippen LogP contribution in [0.15, 0.2) is 30.3 Å². The average Bonchev–Trinajstić information content (AvgIpc) is 2.55. The molecule has 1 fully saturated rings. The van der Waals surface area contributed by atoms with E-state index in [9.17, 15) is 14.7 Å². The minimum atomic E-state index is -1.07. The Morgan fingerprint density at radius 3 is 2.57 bits per heavy atom. The molecule has 3 atom stereocenters. The molecular formula is C16H22N2O5. The Morgan fingerprint density at radius 1 is 1.17 bits per heavy atom. The Hall–Kier alpha value is -2.28. The zero-order chi connectivity index (χ0) is 16.7. The molecule has 1 saturated carbocycles. The van der Waals surface area contributed by atoms with Gasteiger partial charge in [0.2, 0.25) is 0 Å². The van der Waals surface area contributed by atoms with Crippen LogP contribution >= 0.6 is 0 Å². The van der Waals surface area contributed by atoms with Gasteiger partial charge < -0.3 is 25.6 Å². The average molecular weight is 322 g/mol. The number of benzene rings is 1. The van der Waals surface area contributed by atoms with Crippen LogP contribution in [-0.4, -0.2) is 41.1 Å². The van der Waals surface area contributed by atoms with Crippen molar-refractivity contribution in [3.05, 3.63) is 35.9 Å². The molecule has 1 aromatic rings. The smallest absolute Gasteiger partial charge is 0.407 e. The molecule has 1 aromatic carbocycles. The summed E-state index contributed by atoms with van der Waals surface area (Å²) in [6, 6.07) is 8.96. The maximum Gasteiger partial charge on any atom is 0.407 e. The Kier molecular flexibility index (Phi) is 6.22. The van der Waals surface area contributed by atoms with E-state index in [-0.39, 0.29) is 31.2 Å². The largest absolute Gasteiger partial charge is 0.465 e. The first kappa shape index (κ1) is 17.1. The normalized spacial score (nSPS) is 23.8. The minimum Gasteiger partial charge on any atom is -0.465 e. The van der Waals surface area contributed by atoms with E-state index in [0.29, 0.717) is 19.3 Å². The molecule has 1 aliphatic rings. The van der Waals surface area contributed by atoms with Gasteiger partial charge in [0.25, 0.3) is 0 Å². The van der Waals surface area contributed by atoms with Crippen molar-refractivity contribution >= 4 is 12.2 Å². The molecule has 7 heteroatoms. The first-order valence-electron chi connectivity index (χ1n) is 7.66. The van der Waals surface area contributed by atoms with E-state index in [1.54, 1.807) is 0 Å². The van der Waals surface area contributed by atoms with Gasteiger partial charge in [0.15, 0.2) is 0 Å². The topological polar surface area (TPSA) is 108 Å². The molecule has 0 aliphatic heterocycles. The Labute approximate surface area is 134 Å². The van der Waals surface area contributed by atoms with Gasteiger partial charge in [-0.3, -0.25) is 0 Å². The summed E-state index contributed by atoms with van der Waals surface area (Å²) in [5, 5.41) is 23.4.